The summed E-state index contributed by atoms with van der Waals surface area (Å²) in [7, 11) is 0. The third kappa shape index (κ3) is 4.03. The lowest BCUT2D eigenvalue weighted by atomic mass is 10.1. The minimum Gasteiger partial charge on any atom is -0.359 e. The topological polar surface area (TPSA) is 24.1 Å². The van der Waals surface area contributed by atoms with Gasteiger partial charge in [-0.3, -0.25) is 0 Å². The highest BCUT2D eigenvalue weighted by atomic mass is 32.1. The van der Waals surface area contributed by atoms with Crippen LogP contribution in [0.25, 0.3) is 0 Å². The molecule has 0 atom stereocenters. The maximum absolute atomic E-state index is 5.19. The van der Waals surface area contributed by atoms with E-state index in [0.717, 1.165) is 11.3 Å². The Morgan fingerprint density at radius 3 is 2.69 bits per heavy atom. The molecule has 0 fully saturated rings. The molecule has 0 amide bonds. The molecule has 0 saturated carbocycles. The summed E-state index contributed by atoms with van der Waals surface area (Å²) in [5.74, 6) is 0. The van der Waals surface area contributed by atoms with Crippen molar-refractivity contribution in [3.05, 3.63) is 41.5 Å². The molecule has 2 nitrogen and oxygen atoms in total. The number of aryl methyl sites for hydroxylation is 2. The predicted molar refractivity (Wildman–Crippen MR) is 75.0 cm³/mol. The molecule has 16 heavy (non-hydrogen) atoms. The van der Waals surface area contributed by atoms with Crippen LogP contribution in [0.1, 0.15) is 18.1 Å². The monoisotopic (exact) mass is 234 g/mol. The standard InChI is InChI=1S/C13H18N2S/c1-9(2)8-14-13(16)15-12-7-10(3)5-6-11(12)4/h5-7H,1,8H2,2-4H3,(H2,14,15,16). The Morgan fingerprint density at radius 1 is 1.38 bits per heavy atom. The highest BCUT2D eigenvalue weighted by molar-refractivity contribution is 7.80. The molecule has 0 heterocycles. The number of hydrogen-bond acceptors (Lipinski definition) is 1. The number of anilines is 1. The first-order chi connectivity index (χ1) is 7.49. The lowest BCUT2D eigenvalue weighted by Gasteiger charge is -2.13. The summed E-state index contributed by atoms with van der Waals surface area (Å²) in [6.07, 6.45) is 0. The van der Waals surface area contributed by atoms with Crippen molar-refractivity contribution in [3.8, 4) is 0 Å². The molecule has 0 aliphatic rings. The van der Waals surface area contributed by atoms with Crippen LogP contribution < -0.4 is 10.6 Å². The van der Waals surface area contributed by atoms with Crippen LogP contribution >= 0.6 is 12.2 Å². The smallest absolute Gasteiger partial charge is 0.171 e. The van der Waals surface area contributed by atoms with Gasteiger partial charge in [0.15, 0.2) is 5.11 Å². The van der Waals surface area contributed by atoms with Gasteiger partial charge in [-0.25, -0.2) is 0 Å². The summed E-state index contributed by atoms with van der Waals surface area (Å²) in [6, 6.07) is 6.26. The largest absolute Gasteiger partial charge is 0.359 e. The molecule has 0 saturated heterocycles. The number of benzene rings is 1. The van der Waals surface area contributed by atoms with Crippen molar-refractivity contribution in [2.75, 3.05) is 11.9 Å². The van der Waals surface area contributed by atoms with Crippen LogP contribution in [-0.2, 0) is 0 Å². The van der Waals surface area contributed by atoms with Crippen LogP contribution in [0, 0.1) is 13.8 Å². The first kappa shape index (κ1) is 12.7. The molecule has 1 aromatic carbocycles. The van der Waals surface area contributed by atoms with Crippen molar-refractivity contribution in [1.29, 1.82) is 0 Å². The van der Waals surface area contributed by atoms with E-state index in [1.54, 1.807) is 0 Å². The van der Waals surface area contributed by atoms with E-state index in [1.807, 2.05) is 6.92 Å². The Bertz CT molecular complexity index is 410. The van der Waals surface area contributed by atoms with E-state index >= 15 is 0 Å². The van der Waals surface area contributed by atoms with E-state index in [9.17, 15) is 0 Å². The van der Waals surface area contributed by atoms with Crippen molar-refractivity contribution < 1.29 is 0 Å². The molecule has 3 heteroatoms. The van der Waals surface area contributed by atoms with E-state index in [1.165, 1.54) is 11.1 Å². The van der Waals surface area contributed by atoms with Gasteiger partial charge >= 0.3 is 0 Å². The number of thiocarbonyl (C=S) groups is 1. The van der Waals surface area contributed by atoms with Gasteiger partial charge in [0.25, 0.3) is 0 Å². The summed E-state index contributed by atoms with van der Waals surface area (Å²) in [6.45, 7) is 10.6. The molecule has 0 unspecified atom stereocenters. The molecule has 1 rings (SSSR count). The molecule has 1 aromatic rings. The number of rotatable bonds is 3. The van der Waals surface area contributed by atoms with E-state index in [0.29, 0.717) is 11.7 Å². The summed E-state index contributed by atoms with van der Waals surface area (Å²) in [5, 5.41) is 6.92. The molecule has 0 aromatic heterocycles. The van der Waals surface area contributed by atoms with Gasteiger partial charge in [-0.05, 0) is 50.2 Å². The van der Waals surface area contributed by atoms with Crippen LogP contribution in [0.2, 0.25) is 0 Å². The zero-order valence-corrected chi connectivity index (χ0v) is 10.9. The van der Waals surface area contributed by atoms with Crippen LogP contribution in [0.3, 0.4) is 0 Å². The molecule has 0 spiro atoms. The van der Waals surface area contributed by atoms with Crippen LogP contribution in [0.15, 0.2) is 30.4 Å². The average Bonchev–Trinajstić information content (AvgIpc) is 2.20. The molecular weight excluding hydrogens is 216 g/mol. The van der Waals surface area contributed by atoms with Crippen LogP contribution in [0.5, 0.6) is 0 Å². The summed E-state index contributed by atoms with van der Waals surface area (Å²) < 4.78 is 0. The fourth-order valence-electron chi connectivity index (χ4n) is 1.27. The SMILES string of the molecule is C=C(C)CNC(=S)Nc1cc(C)ccc1C. The highest BCUT2D eigenvalue weighted by Gasteiger charge is 2.00. The second-order valence-electron chi connectivity index (χ2n) is 4.08. The fourth-order valence-corrected chi connectivity index (χ4v) is 1.45. The van der Waals surface area contributed by atoms with Crippen LogP contribution in [0.4, 0.5) is 5.69 Å². The fraction of sp³-hybridized carbons (Fsp3) is 0.308. The Balaban J connectivity index is 2.62. The second kappa shape index (κ2) is 5.66. The minimum atomic E-state index is 0.636. The van der Waals surface area contributed by atoms with E-state index in [-0.39, 0.29) is 0 Å². The Kier molecular flexibility index (Phi) is 4.50. The van der Waals surface area contributed by atoms with Gasteiger partial charge in [-0.2, -0.15) is 0 Å². The van der Waals surface area contributed by atoms with Crippen molar-refractivity contribution >= 4 is 23.0 Å². The highest BCUT2D eigenvalue weighted by Crippen LogP contribution is 2.15. The van der Waals surface area contributed by atoms with Gasteiger partial charge in [-0.1, -0.05) is 24.3 Å². The van der Waals surface area contributed by atoms with Gasteiger partial charge in [0, 0.05) is 12.2 Å². The lowest BCUT2D eigenvalue weighted by molar-refractivity contribution is 0.999. The van der Waals surface area contributed by atoms with Crippen molar-refractivity contribution in [2.45, 2.75) is 20.8 Å². The summed E-state index contributed by atoms with van der Waals surface area (Å²) >= 11 is 5.19. The lowest BCUT2D eigenvalue weighted by Crippen LogP contribution is -2.29. The van der Waals surface area contributed by atoms with Gasteiger partial charge in [0.2, 0.25) is 0 Å². The zero-order chi connectivity index (χ0) is 12.1. The summed E-state index contributed by atoms with van der Waals surface area (Å²) in [5.41, 5.74) is 4.52. The van der Waals surface area contributed by atoms with Gasteiger partial charge in [0.05, 0.1) is 0 Å². The van der Waals surface area contributed by atoms with E-state index < -0.39 is 0 Å². The normalized spacial score (nSPS) is 9.69. The molecule has 86 valence electrons. The third-order valence-electron chi connectivity index (χ3n) is 2.19. The third-order valence-corrected chi connectivity index (χ3v) is 2.44. The van der Waals surface area contributed by atoms with Crippen molar-refractivity contribution in [3.63, 3.8) is 0 Å². The zero-order valence-electron chi connectivity index (χ0n) is 10.1. The van der Waals surface area contributed by atoms with Crippen LogP contribution in [-0.4, -0.2) is 11.7 Å². The average molecular weight is 234 g/mol. The molecule has 0 aliphatic carbocycles. The maximum atomic E-state index is 5.19. The number of hydrogen-bond donors (Lipinski definition) is 2. The molecule has 0 aliphatic heterocycles. The molecule has 0 radical (unpaired) electrons. The molecule has 0 bridgehead atoms. The van der Waals surface area contributed by atoms with Gasteiger partial charge in [0.1, 0.15) is 0 Å². The van der Waals surface area contributed by atoms with Gasteiger partial charge in [-0.15, -0.1) is 0 Å². The van der Waals surface area contributed by atoms with Gasteiger partial charge < -0.3 is 10.6 Å². The Hall–Kier alpha value is -1.35. The maximum Gasteiger partial charge on any atom is 0.171 e. The number of nitrogens with one attached hydrogen (secondary N) is 2. The quantitative estimate of drug-likeness (QED) is 0.620. The van der Waals surface area contributed by atoms with E-state index in [2.05, 4.69) is 49.3 Å². The first-order valence-corrected chi connectivity index (χ1v) is 5.66. The van der Waals surface area contributed by atoms with Crippen molar-refractivity contribution in [2.24, 2.45) is 0 Å². The van der Waals surface area contributed by atoms with Crippen molar-refractivity contribution in [1.82, 2.24) is 5.32 Å². The predicted octanol–water partition coefficient (Wildman–Crippen LogP) is 3.17. The molecule has 2 N–H and O–H groups in total. The Labute approximate surface area is 103 Å². The summed E-state index contributed by atoms with van der Waals surface area (Å²) in [4.78, 5) is 0. The Morgan fingerprint density at radius 2 is 2.06 bits per heavy atom. The second-order valence-corrected chi connectivity index (χ2v) is 4.49. The van der Waals surface area contributed by atoms with E-state index in [4.69, 9.17) is 12.2 Å². The minimum absolute atomic E-state index is 0.636. The first-order valence-electron chi connectivity index (χ1n) is 5.25. The molecular formula is C13H18N2S.